The molecule has 0 aliphatic rings. The Bertz CT molecular complexity index is 39.0. The monoisotopic (exact) mass is 152 g/mol. The smallest absolute Gasteiger partial charge is 0.188 e. The first kappa shape index (κ1) is 7.58. The summed E-state index contributed by atoms with van der Waals surface area (Å²) >= 11 is 0. The van der Waals surface area contributed by atoms with Crippen molar-refractivity contribution in [3.63, 3.8) is 0 Å². The Morgan fingerprint density at radius 3 is 1.14 bits per heavy atom. The van der Waals surface area contributed by atoms with Crippen LogP contribution in [0.3, 0.4) is 0 Å². The largest absolute Gasteiger partial charge is 0.275 e. The second-order valence-corrected chi connectivity index (χ2v) is 3.09. The van der Waals surface area contributed by atoms with E-state index >= 15 is 0 Å². The van der Waals surface area contributed by atoms with E-state index < -0.39 is 23.0 Å². The highest BCUT2D eigenvalue weighted by molar-refractivity contribution is 7.64. The van der Waals surface area contributed by atoms with Crippen LogP contribution in [0, 0.1) is 0 Å². The molecule has 0 saturated heterocycles. The lowest BCUT2D eigenvalue weighted by atomic mass is 11.9. The van der Waals surface area contributed by atoms with Crippen LogP contribution in [0.5, 0.6) is 0 Å². The van der Waals surface area contributed by atoms with Crippen LogP contribution >= 0.6 is 17.1 Å². The summed E-state index contributed by atoms with van der Waals surface area (Å²) in [6.07, 6.45) is 0. The van der Waals surface area contributed by atoms with Gasteiger partial charge in [0.15, 0.2) is 0 Å². The Morgan fingerprint density at radius 2 is 1.14 bits per heavy atom. The SMILES string of the molecule is FP(F)CP(F)F. The molecular weight excluding hydrogens is 150 g/mol. The van der Waals surface area contributed by atoms with Crippen molar-refractivity contribution in [2.24, 2.45) is 0 Å². The molecule has 0 nitrogen and oxygen atoms in total. The Kier molecular flexibility index (Phi) is 3.86. The van der Waals surface area contributed by atoms with Gasteiger partial charge in [0, 0.05) is 0 Å². The molecule has 0 radical (unpaired) electrons. The molecule has 0 rings (SSSR count). The molecule has 6 heteroatoms. The van der Waals surface area contributed by atoms with Gasteiger partial charge in [-0.3, -0.25) is 0 Å². The van der Waals surface area contributed by atoms with Gasteiger partial charge in [-0.25, -0.2) is 0 Å². The summed E-state index contributed by atoms with van der Waals surface area (Å²) < 4.78 is 43.5. The van der Waals surface area contributed by atoms with Gasteiger partial charge in [0.05, 0.1) is 0 Å². The molecule has 0 aromatic heterocycles. The Hall–Kier alpha value is 0.580. The molecule has 0 aliphatic heterocycles. The standard InChI is InChI=1S/CH2F4P2/c2-6(3)1-7(4)5/h1H2. The summed E-state index contributed by atoms with van der Waals surface area (Å²) in [5, 5.41) is 0. The van der Waals surface area contributed by atoms with Crippen molar-refractivity contribution in [1.29, 1.82) is 0 Å². The van der Waals surface area contributed by atoms with Gasteiger partial charge in [-0.2, -0.15) is 16.8 Å². The zero-order valence-corrected chi connectivity index (χ0v) is 4.90. The maximum atomic E-state index is 10.9. The lowest BCUT2D eigenvalue weighted by Gasteiger charge is -1.89. The van der Waals surface area contributed by atoms with Crippen molar-refractivity contribution in [3.8, 4) is 0 Å². The lowest BCUT2D eigenvalue weighted by Crippen LogP contribution is -1.58. The third kappa shape index (κ3) is 6.58. The molecular formula is CH2F4P2. The van der Waals surface area contributed by atoms with Crippen LogP contribution in [-0.4, -0.2) is 5.90 Å². The summed E-state index contributed by atoms with van der Waals surface area (Å²) in [7, 11) is -6.72. The quantitative estimate of drug-likeness (QED) is 0.419. The van der Waals surface area contributed by atoms with E-state index in [4.69, 9.17) is 0 Å². The normalized spacial score (nSPS) is 11.1. The Morgan fingerprint density at radius 1 is 0.857 bits per heavy atom. The molecule has 0 saturated carbocycles. The van der Waals surface area contributed by atoms with E-state index in [1.54, 1.807) is 0 Å². The first-order chi connectivity index (χ1) is 3.13. The second-order valence-electron chi connectivity index (χ2n) is 0.747. The van der Waals surface area contributed by atoms with Crippen molar-refractivity contribution < 1.29 is 16.8 Å². The van der Waals surface area contributed by atoms with Crippen LogP contribution in [-0.2, 0) is 0 Å². The fraction of sp³-hybridized carbons (Fsp3) is 1.00. The summed E-state index contributed by atoms with van der Waals surface area (Å²) in [4.78, 5) is 0. The number of hydrogen-bond donors (Lipinski definition) is 0. The van der Waals surface area contributed by atoms with E-state index in [0.717, 1.165) is 0 Å². The third-order valence-electron chi connectivity index (χ3n) is 0.214. The zero-order valence-electron chi connectivity index (χ0n) is 3.11. The number of rotatable bonds is 2. The van der Waals surface area contributed by atoms with Crippen molar-refractivity contribution in [1.82, 2.24) is 0 Å². The van der Waals surface area contributed by atoms with Gasteiger partial charge >= 0.3 is 0 Å². The van der Waals surface area contributed by atoms with Gasteiger partial charge in [-0.1, -0.05) is 0 Å². The van der Waals surface area contributed by atoms with Gasteiger partial charge < -0.3 is 0 Å². The Balaban J connectivity index is 2.95. The molecule has 0 bridgehead atoms. The molecule has 0 fully saturated rings. The summed E-state index contributed by atoms with van der Waals surface area (Å²) in [6.45, 7) is 0. The molecule has 0 spiro atoms. The van der Waals surface area contributed by atoms with Crippen LogP contribution < -0.4 is 0 Å². The van der Waals surface area contributed by atoms with E-state index in [1.165, 1.54) is 0 Å². The van der Waals surface area contributed by atoms with E-state index in [-0.39, 0.29) is 0 Å². The van der Waals surface area contributed by atoms with Crippen LogP contribution in [0.1, 0.15) is 0 Å². The maximum absolute atomic E-state index is 10.9. The molecule has 0 N–H and O–H groups in total. The summed E-state index contributed by atoms with van der Waals surface area (Å²) in [5.74, 6) is -1.18. The highest BCUT2D eigenvalue weighted by atomic mass is 31.2. The molecule has 0 unspecified atom stereocenters. The van der Waals surface area contributed by atoms with Crippen LogP contribution in [0.4, 0.5) is 16.8 Å². The van der Waals surface area contributed by atoms with Gasteiger partial charge in [0.25, 0.3) is 17.1 Å². The number of halogens is 4. The molecule has 44 valence electrons. The lowest BCUT2D eigenvalue weighted by molar-refractivity contribution is 0.727. The fourth-order valence-corrected chi connectivity index (χ4v) is 0.727. The topological polar surface area (TPSA) is 0 Å². The first-order valence-corrected chi connectivity index (χ1v) is 3.93. The minimum Gasteiger partial charge on any atom is -0.188 e. The molecule has 0 amide bonds. The Labute approximate surface area is 40.9 Å². The average Bonchev–Trinajstić information content (AvgIpc) is 1.27. The molecule has 0 atom stereocenters. The van der Waals surface area contributed by atoms with Crippen molar-refractivity contribution in [2.75, 3.05) is 5.90 Å². The number of hydrogen-bond acceptors (Lipinski definition) is 0. The average molecular weight is 152 g/mol. The van der Waals surface area contributed by atoms with Crippen LogP contribution in [0.2, 0.25) is 0 Å². The van der Waals surface area contributed by atoms with Crippen LogP contribution in [0.15, 0.2) is 0 Å². The minimum atomic E-state index is -3.36. The van der Waals surface area contributed by atoms with Crippen molar-refractivity contribution in [2.45, 2.75) is 0 Å². The highest BCUT2D eigenvalue weighted by Crippen LogP contribution is 2.54. The molecule has 0 aromatic carbocycles. The van der Waals surface area contributed by atoms with Gasteiger partial charge in [-0.15, -0.1) is 0 Å². The highest BCUT2D eigenvalue weighted by Gasteiger charge is 2.13. The molecule has 0 heterocycles. The predicted octanol–water partition coefficient (Wildman–Crippen LogP) is 3.45. The first-order valence-electron chi connectivity index (χ1n) is 1.31. The van der Waals surface area contributed by atoms with Gasteiger partial charge in [0.2, 0.25) is 0 Å². The molecule has 0 aliphatic carbocycles. The third-order valence-corrected chi connectivity index (χ3v) is 1.92. The van der Waals surface area contributed by atoms with E-state index in [1.807, 2.05) is 0 Å². The van der Waals surface area contributed by atoms with Gasteiger partial charge in [0.1, 0.15) is 5.90 Å². The van der Waals surface area contributed by atoms with E-state index in [0.29, 0.717) is 0 Å². The van der Waals surface area contributed by atoms with Crippen molar-refractivity contribution in [3.05, 3.63) is 0 Å². The van der Waals surface area contributed by atoms with Gasteiger partial charge in [-0.05, 0) is 0 Å². The summed E-state index contributed by atoms with van der Waals surface area (Å²) in [6, 6.07) is 0. The van der Waals surface area contributed by atoms with E-state index in [2.05, 4.69) is 0 Å². The maximum Gasteiger partial charge on any atom is 0.275 e. The van der Waals surface area contributed by atoms with Crippen molar-refractivity contribution >= 4 is 17.1 Å². The molecule has 0 aromatic rings. The fourth-order valence-electron chi connectivity index (χ4n) is 0.0808. The molecule has 7 heavy (non-hydrogen) atoms. The zero-order chi connectivity index (χ0) is 5.86. The van der Waals surface area contributed by atoms with Crippen LogP contribution in [0.25, 0.3) is 0 Å². The second kappa shape index (κ2) is 3.57. The summed E-state index contributed by atoms with van der Waals surface area (Å²) in [5.41, 5.74) is 0. The predicted molar refractivity (Wildman–Crippen MR) is 23.1 cm³/mol. The van der Waals surface area contributed by atoms with E-state index in [9.17, 15) is 16.8 Å². The minimum absolute atomic E-state index is 1.18.